The quantitative estimate of drug-likeness (QED) is 0.542. The highest BCUT2D eigenvalue weighted by Gasteiger charge is 2.21. The van der Waals surface area contributed by atoms with Gasteiger partial charge in [-0.25, -0.2) is 9.97 Å². The number of rotatable bonds is 5. The Morgan fingerprint density at radius 1 is 1.07 bits per heavy atom. The molecule has 4 rings (SSSR count). The molecule has 3 heterocycles. The van der Waals surface area contributed by atoms with Crippen molar-refractivity contribution in [1.29, 1.82) is 0 Å². The summed E-state index contributed by atoms with van der Waals surface area (Å²) in [7, 11) is 1.96. The fourth-order valence-corrected chi connectivity index (χ4v) is 4.45. The summed E-state index contributed by atoms with van der Waals surface area (Å²) in [6, 6.07) is 16.1. The van der Waals surface area contributed by atoms with Crippen LogP contribution in [0.1, 0.15) is 11.8 Å². The minimum absolute atomic E-state index is 0.465. The zero-order valence-electron chi connectivity index (χ0n) is 16.1. The Morgan fingerprint density at radius 3 is 2.50 bits per heavy atom. The molecule has 1 aromatic carbocycles. The van der Waals surface area contributed by atoms with E-state index in [1.165, 1.54) is 4.88 Å². The fourth-order valence-electron chi connectivity index (χ4n) is 3.41. The van der Waals surface area contributed by atoms with Gasteiger partial charge in [0.2, 0.25) is 0 Å². The van der Waals surface area contributed by atoms with E-state index in [-0.39, 0.29) is 0 Å². The maximum atomic E-state index is 9.94. The highest BCUT2D eigenvalue weighted by atomic mass is 32.1. The summed E-state index contributed by atoms with van der Waals surface area (Å²) in [5.74, 6) is 1.41. The monoisotopic (exact) mass is 390 g/mol. The van der Waals surface area contributed by atoms with Crippen molar-refractivity contribution in [2.24, 2.45) is 0 Å². The van der Waals surface area contributed by atoms with Crippen LogP contribution < -0.4 is 4.90 Å². The topological polar surface area (TPSA) is 62.1 Å². The van der Waals surface area contributed by atoms with Gasteiger partial charge in [-0.3, -0.25) is 4.98 Å². The van der Waals surface area contributed by atoms with Gasteiger partial charge >= 0.3 is 0 Å². The predicted octanol–water partition coefficient (Wildman–Crippen LogP) is 4.55. The van der Waals surface area contributed by atoms with E-state index in [4.69, 9.17) is 9.97 Å². The average molecular weight is 391 g/mol. The predicted molar refractivity (Wildman–Crippen MR) is 116 cm³/mol. The number of likely N-dealkylation sites (N-methyl/N-ethyl adjacent to an activating group) is 1. The van der Waals surface area contributed by atoms with Crippen molar-refractivity contribution in [3.8, 4) is 22.6 Å². The molecule has 0 bridgehead atoms. The summed E-state index contributed by atoms with van der Waals surface area (Å²) in [6.45, 7) is 4.38. The minimum atomic E-state index is -0.465. The number of fused-ring (bicyclic) bond motifs is 1. The molecule has 28 heavy (non-hydrogen) atoms. The SMILES string of the molecule is Cc1sc2nc(-c3ccccn3)nc(N(C)CC(C)O)c2c1-c1ccccc1. The number of aromatic nitrogens is 3. The molecule has 1 unspecified atom stereocenters. The van der Waals surface area contributed by atoms with E-state index >= 15 is 0 Å². The number of nitrogens with zero attached hydrogens (tertiary/aromatic N) is 4. The molecule has 0 spiro atoms. The minimum Gasteiger partial charge on any atom is -0.392 e. The van der Waals surface area contributed by atoms with Crippen LogP contribution in [0.25, 0.3) is 32.9 Å². The van der Waals surface area contributed by atoms with E-state index in [0.29, 0.717) is 12.4 Å². The highest BCUT2D eigenvalue weighted by molar-refractivity contribution is 7.19. The van der Waals surface area contributed by atoms with Gasteiger partial charge in [0.05, 0.1) is 11.5 Å². The van der Waals surface area contributed by atoms with Gasteiger partial charge in [0.15, 0.2) is 5.82 Å². The van der Waals surface area contributed by atoms with Crippen LogP contribution in [0.4, 0.5) is 5.82 Å². The Labute approximate surface area is 168 Å². The molecule has 0 aliphatic rings. The molecule has 142 valence electrons. The molecule has 0 saturated heterocycles. The van der Waals surface area contributed by atoms with Crippen molar-refractivity contribution >= 4 is 27.4 Å². The first kappa shape index (κ1) is 18.5. The first-order valence-electron chi connectivity index (χ1n) is 9.21. The number of anilines is 1. The van der Waals surface area contributed by atoms with Gasteiger partial charge in [-0.05, 0) is 31.5 Å². The second-order valence-corrected chi connectivity index (χ2v) is 8.10. The second-order valence-electron chi connectivity index (χ2n) is 6.89. The van der Waals surface area contributed by atoms with E-state index in [1.54, 1.807) is 24.5 Å². The third-order valence-corrected chi connectivity index (χ3v) is 5.56. The zero-order chi connectivity index (χ0) is 19.7. The lowest BCUT2D eigenvalue weighted by Gasteiger charge is -2.22. The Hall–Kier alpha value is -2.83. The molecule has 0 radical (unpaired) electrons. The zero-order valence-corrected chi connectivity index (χ0v) is 16.9. The fraction of sp³-hybridized carbons (Fsp3) is 0.227. The Balaban J connectivity index is 1.99. The number of pyridine rings is 1. The Morgan fingerprint density at radius 2 is 1.82 bits per heavy atom. The van der Waals surface area contributed by atoms with Gasteiger partial charge in [-0.15, -0.1) is 11.3 Å². The summed E-state index contributed by atoms with van der Waals surface area (Å²) in [5.41, 5.74) is 3.04. The van der Waals surface area contributed by atoms with Crippen molar-refractivity contribution in [1.82, 2.24) is 15.0 Å². The van der Waals surface area contributed by atoms with Crippen LogP contribution in [-0.2, 0) is 0 Å². The summed E-state index contributed by atoms with van der Waals surface area (Å²) in [6.07, 6.45) is 1.28. The molecular formula is C22H22N4OS. The third-order valence-electron chi connectivity index (χ3n) is 4.56. The molecule has 0 fully saturated rings. The van der Waals surface area contributed by atoms with Gasteiger partial charge in [-0.1, -0.05) is 36.4 Å². The molecular weight excluding hydrogens is 368 g/mol. The van der Waals surface area contributed by atoms with E-state index in [9.17, 15) is 5.11 Å². The Kier molecular flexibility index (Phi) is 5.07. The van der Waals surface area contributed by atoms with Crippen LogP contribution in [0, 0.1) is 6.92 Å². The molecule has 5 nitrogen and oxygen atoms in total. The number of benzene rings is 1. The molecule has 0 saturated carbocycles. The lowest BCUT2D eigenvalue weighted by Crippen LogP contribution is -2.28. The molecule has 0 aliphatic heterocycles. The van der Waals surface area contributed by atoms with Gasteiger partial charge in [0.25, 0.3) is 0 Å². The normalized spacial score (nSPS) is 12.3. The summed E-state index contributed by atoms with van der Waals surface area (Å²) >= 11 is 1.66. The molecule has 3 aromatic heterocycles. The highest BCUT2D eigenvalue weighted by Crippen LogP contribution is 2.42. The number of thiophene rings is 1. The average Bonchev–Trinajstić information content (AvgIpc) is 3.03. The number of hydrogen-bond acceptors (Lipinski definition) is 6. The van der Waals surface area contributed by atoms with Crippen LogP contribution in [0.5, 0.6) is 0 Å². The largest absolute Gasteiger partial charge is 0.392 e. The third kappa shape index (κ3) is 3.48. The smallest absolute Gasteiger partial charge is 0.181 e. The van der Waals surface area contributed by atoms with Gasteiger partial charge in [0.1, 0.15) is 16.3 Å². The molecule has 0 amide bonds. The standard InChI is InChI=1S/C22H22N4OS/c1-14(27)13-26(3)21-19-18(16-9-5-4-6-10-16)15(2)28-22(19)25-20(24-21)17-11-7-8-12-23-17/h4-12,14,27H,13H2,1-3H3. The van der Waals surface area contributed by atoms with Crippen molar-refractivity contribution in [3.63, 3.8) is 0 Å². The van der Waals surface area contributed by atoms with E-state index in [0.717, 1.165) is 32.9 Å². The molecule has 0 aliphatic carbocycles. The van der Waals surface area contributed by atoms with Crippen molar-refractivity contribution in [2.75, 3.05) is 18.5 Å². The van der Waals surface area contributed by atoms with E-state index in [2.05, 4.69) is 24.0 Å². The van der Waals surface area contributed by atoms with Crippen LogP contribution in [-0.4, -0.2) is 39.8 Å². The maximum absolute atomic E-state index is 9.94. The lowest BCUT2D eigenvalue weighted by molar-refractivity contribution is 0.201. The van der Waals surface area contributed by atoms with E-state index in [1.807, 2.05) is 48.3 Å². The van der Waals surface area contributed by atoms with Crippen LogP contribution in [0.3, 0.4) is 0 Å². The number of aryl methyl sites for hydroxylation is 1. The summed E-state index contributed by atoms with van der Waals surface area (Å²) in [5, 5.41) is 11.0. The number of hydrogen-bond donors (Lipinski definition) is 1. The molecule has 4 aromatic rings. The molecule has 6 heteroatoms. The van der Waals surface area contributed by atoms with Crippen LogP contribution in [0.15, 0.2) is 54.7 Å². The first-order valence-corrected chi connectivity index (χ1v) is 10.0. The molecule has 1 N–H and O–H groups in total. The number of aliphatic hydroxyl groups excluding tert-OH is 1. The van der Waals surface area contributed by atoms with Crippen molar-refractivity contribution in [2.45, 2.75) is 20.0 Å². The summed E-state index contributed by atoms with van der Waals surface area (Å²) in [4.78, 5) is 18.2. The van der Waals surface area contributed by atoms with Crippen LogP contribution >= 0.6 is 11.3 Å². The van der Waals surface area contributed by atoms with Crippen molar-refractivity contribution < 1.29 is 5.11 Å². The van der Waals surface area contributed by atoms with Crippen molar-refractivity contribution in [3.05, 3.63) is 59.6 Å². The first-order chi connectivity index (χ1) is 13.5. The number of aliphatic hydroxyl groups is 1. The van der Waals surface area contributed by atoms with E-state index < -0.39 is 6.10 Å². The lowest BCUT2D eigenvalue weighted by atomic mass is 10.0. The van der Waals surface area contributed by atoms with Gasteiger partial charge in [-0.2, -0.15) is 0 Å². The van der Waals surface area contributed by atoms with Crippen LogP contribution in [0.2, 0.25) is 0 Å². The second kappa shape index (κ2) is 7.66. The molecule has 1 atom stereocenters. The Bertz CT molecular complexity index is 1090. The maximum Gasteiger partial charge on any atom is 0.181 e. The summed E-state index contributed by atoms with van der Waals surface area (Å²) < 4.78 is 0. The van der Waals surface area contributed by atoms with Gasteiger partial charge in [0, 0.05) is 30.2 Å². The van der Waals surface area contributed by atoms with Gasteiger partial charge < -0.3 is 10.0 Å².